The van der Waals surface area contributed by atoms with Crippen molar-refractivity contribution in [1.29, 1.82) is 0 Å². The summed E-state index contributed by atoms with van der Waals surface area (Å²) in [6, 6.07) is 12.0. The Labute approximate surface area is 127 Å². The molecule has 1 aliphatic heterocycles. The normalized spacial score (nSPS) is 17.0. The number of hydrogen-bond donors (Lipinski definition) is 0. The van der Waals surface area contributed by atoms with Gasteiger partial charge in [-0.2, -0.15) is 0 Å². The summed E-state index contributed by atoms with van der Waals surface area (Å²) in [5, 5.41) is 0.167. The van der Waals surface area contributed by atoms with E-state index in [0.717, 1.165) is 17.7 Å². The Morgan fingerprint density at radius 2 is 2.05 bits per heavy atom. The standard InChI is InChI=1S/C17H14ClFO2/c18-13-5-3-6-14(19)17(13)15(20)10-11-8-9-21-16-7-2-1-4-12(11)16/h1-7,11H,8-10H2. The lowest BCUT2D eigenvalue weighted by Gasteiger charge is -2.25. The molecule has 0 bridgehead atoms. The van der Waals surface area contributed by atoms with Gasteiger partial charge in [0.15, 0.2) is 5.78 Å². The van der Waals surface area contributed by atoms with Gasteiger partial charge < -0.3 is 4.74 Å². The molecule has 0 saturated heterocycles. The Kier molecular flexibility index (Phi) is 3.93. The number of rotatable bonds is 3. The summed E-state index contributed by atoms with van der Waals surface area (Å²) in [6.45, 7) is 0.569. The van der Waals surface area contributed by atoms with Crippen LogP contribution in [0, 0.1) is 5.82 Å². The van der Waals surface area contributed by atoms with Crippen LogP contribution in [0.1, 0.15) is 34.7 Å². The lowest BCUT2D eigenvalue weighted by Crippen LogP contribution is -2.17. The lowest BCUT2D eigenvalue weighted by molar-refractivity contribution is 0.0962. The number of carbonyl (C=O) groups excluding carboxylic acids is 1. The average Bonchev–Trinajstić information content (AvgIpc) is 2.47. The zero-order valence-electron chi connectivity index (χ0n) is 11.3. The van der Waals surface area contributed by atoms with E-state index in [2.05, 4.69) is 0 Å². The number of para-hydroxylation sites is 1. The third-order valence-electron chi connectivity index (χ3n) is 3.76. The van der Waals surface area contributed by atoms with Gasteiger partial charge >= 0.3 is 0 Å². The fraction of sp³-hybridized carbons (Fsp3) is 0.235. The Morgan fingerprint density at radius 3 is 2.86 bits per heavy atom. The first-order chi connectivity index (χ1) is 10.2. The average molecular weight is 305 g/mol. The van der Waals surface area contributed by atoms with E-state index in [1.807, 2.05) is 24.3 Å². The highest BCUT2D eigenvalue weighted by Crippen LogP contribution is 2.36. The van der Waals surface area contributed by atoms with E-state index < -0.39 is 5.82 Å². The van der Waals surface area contributed by atoms with E-state index in [-0.39, 0.29) is 28.7 Å². The number of Topliss-reactive ketones (excluding diaryl/α,β-unsaturated/α-hetero) is 1. The minimum absolute atomic E-state index is 0.0110. The smallest absolute Gasteiger partial charge is 0.167 e. The Balaban J connectivity index is 1.86. The second-order valence-corrected chi connectivity index (χ2v) is 5.50. The third kappa shape index (κ3) is 2.79. The quantitative estimate of drug-likeness (QED) is 0.774. The molecular weight excluding hydrogens is 291 g/mol. The van der Waals surface area contributed by atoms with Crippen molar-refractivity contribution in [3.63, 3.8) is 0 Å². The van der Waals surface area contributed by atoms with Crippen LogP contribution in [0.15, 0.2) is 42.5 Å². The van der Waals surface area contributed by atoms with Crippen LogP contribution in [0.3, 0.4) is 0 Å². The maximum Gasteiger partial charge on any atom is 0.167 e. The summed E-state index contributed by atoms with van der Waals surface area (Å²) in [4.78, 5) is 12.4. The van der Waals surface area contributed by atoms with Gasteiger partial charge in [-0.15, -0.1) is 0 Å². The van der Waals surface area contributed by atoms with Crippen molar-refractivity contribution in [2.24, 2.45) is 0 Å². The number of ketones is 1. The van der Waals surface area contributed by atoms with E-state index in [1.54, 1.807) is 0 Å². The maximum absolute atomic E-state index is 13.8. The van der Waals surface area contributed by atoms with E-state index in [0.29, 0.717) is 6.61 Å². The highest BCUT2D eigenvalue weighted by molar-refractivity contribution is 6.34. The number of ether oxygens (including phenoxy) is 1. The van der Waals surface area contributed by atoms with E-state index in [9.17, 15) is 9.18 Å². The monoisotopic (exact) mass is 304 g/mol. The predicted molar refractivity (Wildman–Crippen MR) is 79.7 cm³/mol. The molecule has 0 amide bonds. The van der Waals surface area contributed by atoms with Crippen LogP contribution in [0.25, 0.3) is 0 Å². The van der Waals surface area contributed by atoms with Gasteiger partial charge in [-0.3, -0.25) is 4.79 Å². The van der Waals surface area contributed by atoms with Crippen molar-refractivity contribution in [2.75, 3.05) is 6.61 Å². The van der Waals surface area contributed by atoms with Gasteiger partial charge in [-0.1, -0.05) is 35.9 Å². The van der Waals surface area contributed by atoms with Gasteiger partial charge in [0.25, 0.3) is 0 Å². The highest BCUT2D eigenvalue weighted by atomic mass is 35.5. The van der Waals surface area contributed by atoms with Crippen molar-refractivity contribution in [2.45, 2.75) is 18.8 Å². The molecule has 2 aromatic rings. The molecule has 0 aromatic heterocycles. The van der Waals surface area contributed by atoms with Crippen molar-refractivity contribution in [3.05, 3.63) is 64.4 Å². The zero-order valence-corrected chi connectivity index (χ0v) is 12.1. The minimum atomic E-state index is -0.562. The molecular formula is C17H14ClFO2. The van der Waals surface area contributed by atoms with E-state index in [1.165, 1.54) is 18.2 Å². The number of carbonyl (C=O) groups is 1. The Hall–Kier alpha value is -1.87. The number of halogens is 2. The summed E-state index contributed by atoms with van der Waals surface area (Å²) >= 11 is 5.96. The second kappa shape index (κ2) is 5.86. The summed E-state index contributed by atoms with van der Waals surface area (Å²) in [5.74, 6) is 0.0203. The largest absolute Gasteiger partial charge is 0.493 e. The summed E-state index contributed by atoms with van der Waals surface area (Å²) in [5.41, 5.74) is 0.993. The molecule has 0 radical (unpaired) electrons. The highest BCUT2D eigenvalue weighted by Gasteiger charge is 2.26. The number of fused-ring (bicyclic) bond motifs is 1. The topological polar surface area (TPSA) is 26.3 Å². The van der Waals surface area contributed by atoms with Crippen LogP contribution in [0.4, 0.5) is 4.39 Å². The molecule has 0 spiro atoms. The fourth-order valence-corrected chi connectivity index (χ4v) is 2.99. The molecule has 1 unspecified atom stereocenters. The molecule has 108 valence electrons. The molecule has 0 aliphatic carbocycles. The maximum atomic E-state index is 13.8. The second-order valence-electron chi connectivity index (χ2n) is 5.10. The van der Waals surface area contributed by atoms with Crippen molar-refractivity contribution < 1.29 is 13.9 Å². The molecule has 3 rings (SSSR count). The van der Waals surface area contributed by atoms with Crippen LogP contribution < -0.4 is 4.74 Å². The molecule has 1 heterocycles. The van der Waals surface area contributed by atoms with E-state index >= 15 is 0 Å². The van der Waals surface area contributed by atoms with Crippen LogP contribution in [0.5, 0.6) is 5.75 Å². The molecule has 0 fully saturated rings. The number of hydrogen-bond acceptors (Lipinski definition) is 2. The molecule has 21 heavy (non-hydrogen) atoms. The van der Waals surface area contributed by atoms with Gasteiger partial charge in [-0.05, 0) is 36.1 Å². The number of benzene rings is 2. The molecule has 0 saturated carbocycles. The van der Waals surface area contributed by atoms with Crippen molar-refractivity contribution in [1.82, 2.24) is 0 Å². The van der Waals surface area contributed by atoms with Crippen LogP contribution in [-0.2, 0) is 0 Å². The Morgan fingerprint density at radius 1 is 1.24 bits per heavy atom. The van der Waals surface area contributed by atoms with Gasteiger partial charge in [0.2, 0.25) is 0 Å². The van der Waals surface area contributed by atoms with Crippen molar-refractivity contribution >= 4 is 17.4 Å². The van der Waals surface area contributed by atoms with Gasteiger partial charge in [0.1, 0.15) is 11.6 Å². The lowest BCUT2D eigenvalue weighted by atomic mass is 9.87. The first-order valence-corrected chi connectivity index (χ1v) is 7.23. The van der Waals surface area contributed by atoms with Crippen molar-refractivity contribution in [3.8, 4) is 5.75 Å². The summed E-state index contributed by atoms with van der Waals surface area (Å²) < 4.78 is 19.4. The summed E-state index contributed by atoms with van der Waals surface area (Å²) in [6.07, 6.45) is 0.982. The first kappa shape index (κ1) is 14.1. The van der Waals surface area contributed by atoms with Gasteiger partial charge in [-0.25, -0.2) is 4.39 Å². The molecule has 1 aliphatic rings. The predicted octanol–water partition coefficient (Wildman–Crippen LogP) is 4.62. The Bertz CT molecular complexity index is 664. The first-order valence-electron chi connectivity index (χ1n) is 6.85. The fourth-order valence-electron chi connectivity index (χ4n) is 2.72. The molecule has 0 N–H and O–H groups in total. The van der Waals surface area contributed by atoms with Crippen LogP contribution in [-0.4, -0.2) is 12.4 Å². The SMILES string of the molecule is O=C(CC1CCOc2ccccc21)c1c(F)cccc1Cl. The molecule has 2 nitrogen and oxygen atoms in total. The molecule has 1 atom stereocenters. The van der Waals surface area contributed by atoms with Gasteiger partial charge in [0.05, 0.1) is 17.2 Å². The molecule has 4 heteroatoms. The zero-order chi connectivity index (χ0) is 14.8. The van der Waals surface area contributed by atoms with Crippen LogP contribution >= 0.6 is 11.6 Å². The van der Waals surface area contributed by atoms with Gasteiger partial charge in [0, 0.05) is 6.42 Å². The summed E-state index contributed by atoms with van der Waals surface area (Å²) in [7, 11) is 0. The van der Waals surface area contributed by atoms with E-state index in [4.69, 9.17) is 16.3 Å². The molecule has 2 aromatic carbocycles. The minimum Gasteiger partial charge on any atom is -0.493 e. The van der Waals surface area contributed by atoms with Crippen LogP contribution in [0.2, 0.25) is 5.02 Å². The third-order valence-corrected chi connectivity index (χ3v) is 4.07.